The van der Waals surface area contributed by atoms with Crippen molar-refractivity contribution >= 4 is 5.91 Å². The lowest BCUT2D eigenvalue weighted by atomic mass is 9.83. The van der Waals surface area contributed by atoms with E-state index in [-0.39, 0.29) is 17.4 Å². The van der Waals surface area contributed by atoms with Crippen LogP contribution in [0.3, 0.4) is 0 Å². The van der Waals surface area contributed by atoms with E-state index < -0.39 is 0 Å². The van der Waals surface area contributed by atoms with Crippen molar-refractivity contribution in [3.05, 3.63) is 34.9 Å². The lowest BCUT2D eigenvalue weighted by Gasteiger charge is -2.27. The van der Waals surface area contributed by atoms with E-state index in [1.54, 1.807) is 0 Å². The van der Waals surface area contributed by atoms with Crippen LogP contribution in [0.1, 0.15) is 48.7 Å². The Hall–Kier alpha value is -1.35. The Morgan fingerprint density at radius 1 is 1.39 bits per heavy atom. The van der Waals surface area contributed by atoms with Gasteiger partial charge in [-0.25, -0.2) is 0 Å². The topological polar surface area (TPSA) is 55.1 Å². The average Bonchev–Trinajstić information content (AvgIpc) is 2.27. The summed E-state index contributed by atoms with van der Waals surface area (Å²) in [5.41, 5.74) is 8.80. The number of benzene rings is 1. The summed E-state index contributed by atoms with van der Waals surface area (Å²) in [6.45, 7) is 7.09. The zero-order valence-electron chi connectivity index (χ0n) is 11.4. The minimum atomic E-state index is 0.0424. The predicted octanol–water partition coefficient (Wildman–Crippen LogP) is 1.99. The number of rotatable bonds is 2. The third-order valence-electron chi connectivity index (χ3n) is 3.54. The fourth-order valence-corrected chi connectivity index (χ4v) is 2.39. The highest BCUT2D eigenvalue weighted by Crippen LogP contribution is 2.27. The molecule has 1 heterocycles. The monoisotopic (exact) mass is 246 g/mol. The largest absolute Gasteiger partial charge is 0.349 e. The highest BCUT2D eigenvalue weighted by atomic mass is 16.1. The minimum Gasteiger partial charge on any atom is -0.349 e. The molecule has 18 heavy (non-hydrogen) atoms. The number of nitrogens with one attached hydrogen (secondary N) is 1. The van der Waals surface area contributed by atoms with Gasteiger partial charge in [0.15, 0.2) is 0 Å². The maximum Gasteiger partial charge on any atom is 0.251 e. The summed E-state index contributed by atoms with van der Waals surface area (Å²) in [6.07, 6.45) is 1.73. The Kier molecular flexibility index (Phi) is 3.44. The van der Waals surface area contributed by atoms with Gasteiger partial charge in [0.25, 0.3) is 5.91 Å². The van der Waals surface area contributed by atoms with Crippen LogP contribution in [0.4, 0.5) is 0 Å². The van der Waals surface area contributed by atoms with Gasteiger partial charge in [-0.3, -0.25) is 4.79 Å². The first kappa shape index (κ1) is 13.1. The lowest BCUT2D eigenvalue weighted by Crippen LogP contribution is -2.42. The molecule has 0 fully saturated rings. The van der Waals surface area contributed by atoms with E-state index in [0.29, 0.717) is 6.54 Å². The molecular formula is C15H22N2O. The number of nitrogens with two attached hydrogens (primary N) is 1. The third-order valence-corrected chi connectivity index (χ3v) is 3.54. The van der Waals surface area contributed by atoms with Crippen LogP contribution in [-0.2, 0) is 11.8 Å². The molecule has 3 nitrogen and oxygen atoms in total. The van der Waals surface area contributed by atoms with Crippen molar-refractivity contribution in [1.82, 2.24) is 5.32 Å². The summed E-state index contributed by atoms with van der Waals surface area (Å²) in [5.74, 6) is 0.0424. The molecule has 1 aromatic rings. The molecule has 98 valence electrons. The molecule has 1 unspecified atom stereocenters. The maximum absolute atomic E-state index is 12.1. The lowest BCUT2D eigenvalue weighted by molar-refractivity contribution is 0.0923. The molecule has 0 radical (unpaired) electrons. The Labute approximate surface area is 109 Å². The first-order valence-electron chi connectivity index (χ1n) is 6.56. The number of amides is 1. The average molecular weight is 246 g/mol. The van der Waals surface area contributed by atoms with Crippen LogP contribution in [0, 0.1) is 0 Å². The van der Waals surface area contributed by atoms with Gasteiger partial charge in [0, 0.05) is 11.6 Å². The molecule has 1 amide bonds. The molecule has 0 spiro atoms. The maximum atomic E-state index is 12.1. The standard InChI is InChI=1S/C15H22N2O/c1-15(2,3)11-5-4-10-8-12(6-7-16)17-14(18)13(10)9-11/h4-5,9,12H,6-8,16H2,1-3H3,(H,17,18). The third kappa shape index (κ3) is 2.56. The van der Waals surface area contributed by atoms with Crippen molar-refractivity contribution in [1.29, 1.82) is 0 Å². The van der Waals surface area contributed by atoms with Crippen molar-refractivity contribution in [2.75, 3.05) is 6.54 Å². The zero-order chi connectivity index (χ0) is 13.3. The number of carbonyl (C=O) groups is 1. The summed E-state index contributed by atoms with van der Waals surface area (Å²) in [6, 6.07) is 6.45. The van der Waals surface area contributed by atoms with Gasteiger partial charge in [0.1, 0.15) is 0 Å². The molecule has 1 aliphatic heterocycles. The van der Waals surface area contributed by atoms with E-state index >= 15 is 0 Å². The smallest absolute Gasteiger partial charge is 0.251 e. The summed E-state index contributed by atoms with van der Waals surface area (Å²) in [7, 11) is 0. The first-order valence-corrected chi connectivity index (χ1v) is 6.56. The molecule has 0 saturated heterocycles. The predicted molar refractivity (Wildman–Crippen MR) is 73.8 cm³/mol. The van der Waals surface area contributed by atoms with Gasteiger partial charge in [-0.1, -0.05) is 32.9 Å². The minimum absolute atomic E-state index is 0.0424. The van der Waals surface area contributed by atoms with Gasteiger partial charge in [-0.05, 0) is 42.0 Å². The molecule has 0 bridgehead atoms. The molecule has 0 saturated carbocycles. The van der Waals surface area contributed by atoms with E-state index in [9.17, 15) is 4.79 Å². The normalized spacial score (nSPS) is 19.3. The van der Waals surface area contributed by atoms with Crippen molar-refractivity contribution in [2.45, 2.75) is 45.1 Å². The van der Waals surface area contributed by atoms with Crippen molar-refractivity contribution in [2.24, 2.45) is 5.73 Å². The highest BCUT2D eigenvalue weighted by molar-refractivity contribution is 5.97. The SMILES string of the molecule is CC(C)(C)c1ccc2c(c1)C(=O)NC(CCN)C2. The van der Waals surface area contributed by atoms with Crippen molar-refractivity contribution < 1.29 is 4.79 Å². The molecule has 1 aliphatic rings. The van der Waals surface area contributed by atoms with Gasteiger partial charge in [-0.15, -0.1) is 0 Å². The zero-order valence-corrected chi connectivity index (χ0v) is 11.4. The van der Waals surface area contributed by atoms with Gasteiger partial charge >= 0.3 is 0 Å². The first-order chi connectivity index (χ1) is 8.41. The van der Waals surface area contributed by atoms with Crippen LogP contribution in [-0.4, -0.2) is 18.5 Å². The van der Waals surface area contributed by atoms with Gasteiger partial charge < -0.3 is 11.1 Å². The fourth-order valence-electron chi connectivity index (χ4n) is 2.39. The van der Waals surface area contributed by atoms with E-state index in [0.717, 1.165) is 24.0 Å². The Morgan fingerprint density at radius 3 is 2.72 bits per heavy atom. The summed E-state index contributed by atoms with van der Waals surface area (Å²) >= 11 is 0. The summed E-state index contributed by atoms with van der Waals surface area (Å²) in [5, 5.41) is 3.03. The van der Waals surface area contributed by atoms with E-state index in [2.05, 4.69) is 38.2 Å². The molecule has 1 aromatic carbocycles. The number of hydrogen-bond acceptors (Lipinski definition) is 2. The second-order valence-electron chi connectivity index (χ2n) is 6.07. The molecule has 1 atom stereocenters. The summed E-state index contributed by atoms with van der Waals surface area (Å²) < 4.78 is 0. The molecule has 0 aliphatic carbocycles. The number of carbonyl (C=O) groups excluding carboxylic acids is 1. The second-order valence-corrected chi connectivity index (χ2v) is 6.07. The van der Waals surface area contributed by atoms with Crippen LogP contribution in [0.25, 0.3) is 0 Å². The van der Waals surface area contributed by atoms with Gasteiger partial charge in [-0.2, -0.15) is 0 Å². The molecule has 0 aromatic heterocycles. The Morgan fingerprint density at radius 2 is 2.11 bits per heavy atom. The molecule has 3 N–H and O–H groups in total. The Bertz CT molecular complexity index is 460. The van der Waals surface area contributed by atoms with Crippen LogP contribution < -0.4 is 11.1 Å². The van der Waals surface area contributed by atoms with Gasteiger partial charge in [0.05, 0.1) is 0 Å². The van der Waals surface area contributed by atoms with Crippen molar-refractivity contribution in [3.63, 3.8) is 0 Å². The van der Waals surface area contributed by atoms with Crippen LogP contribution in [0.5, 0.6) is 0 Å². The van der Waals surface area contributed by atoms with Crippen LogP contribution in [0.2, 0.25) is 0 Å². The van der Waals surface area contributed by atoms with E-state index in [1.165, 1.54) is 5.56 Å². The van der Waals surface area contributed by atoms with Crippen LogP contribution in [0.15, 0.2) is 18.2 Å². The highest BCUT2D eigenvalue weighted by Gasteiger charge is 2.25. The van der Waals surface area contributed by atoms with E-state index in [1.807, 2.05) is 6.07 Å². The summed E-state index contributed by atoms with van der Waals surface area (Å²) in [4.78, 5) is 12.1. The molecule has 2 rings (SSSR count). The number of hydrogen-bond donors (Lipinski definition) is 2. The quantitative estimate of drug-likeness (QED) is 0.838. The molecule has 3 heteroatoms. The van der Waals surface area contributed by atoms with Crippen LogP contribution >= 0.6 is 0 Å². The molecular weight excluding hydrogens is 224 g/mol. The van der Waals surface area contributed by atoms with Crippen molar-refractivity contribution in [3.8, 4) is 0 Å². The number of fused-ring (bicyclic) bond motifs is 1. The fraction of sp³-hybridized carbons (Fsp3) is 0.533. The Balaban J connectivity index is 2.32. The second kappa shape index (κ2) is 4.73. The van der Waals surface area contributed by atoms with Gasteiger partial charge in [0.2, 0.25) is 0 Å². The van der Waals surface area contributed by atoms with E-state index in [4.69, 9.17) is 5.73 Å².